The Morgan fingerprint density at radius 3 is 2.71 bits per heavy atom. The third kappa shape index (κ3) is 5.13. The number of hydrogen-bond donors (Lipinski definition) is 2. The maximum Gasteiger partial charge on any atom is 0.410 e. The molecule has 2 aliphatic heterocycles. The summed E-state index contributed by atoms with van der Waals surface area (Å²) in [6, 6.07) is 23.8. The van der Waals surface area contributed by atoms with Crippen LogP contribution in [0.15, 0.2) is 72.8 Å². The summed E-state index contributed by atoms with van der Waals surface area (Å²) in [5, 5.41) is 6.50. The Balaban J connectivity index is 1.22. The van der Waals surface area contributed by atoms with Crippen molar-refractivity contribution in [2.45, 2.75) is 38.5 Å². The lowest BCUT2D eigenvalue weighted by Gasteiger charge is -2.28. The Hall–Kier alpha value is -3.64. The standard InChI is InChI=1S/C28H29N3O3/c32-27(23-9-4-8-22(16-23)26-10-5-14-29-26)30-25-12-11-21-13-15-31(18-24(21)17-25)28(33)34-19-20-6-2-1-3-7-20/h1-4,6-9,11-12,16-17,26,29H,5,10,13-15,18-19H2,(H,30,32). The number of nitrogens with zero attached hydrogens (tertiary/aromatic N) is 1. The topological polar surface area (TPSA) is 70.7 Å². The van der Waals surface area contributed by atoms with E-state index in [4.69, 9.17) is 4.74 Å². The zero-order valence-corrected chi connectivity index (χ0v) is 19.1. The van der Waals surface area contributed by atoms with E-state index in [0.717, 1.165) is 48.2 Å². The van der Waals surface area contributed by atoms with Crippen LogP contribution in [0, 0.1) is 0 Å². The lowest BCUT2D eigenvalue weighted by molar-refractivity contribution is 0.0918. The Labute approximate surface area is 199 Å². The lowest BCUT2D eigenvalue weighted by Crippen LogP contribution is -2.36. The second-order valence-corrected chi connectivity index (χ2v) is 8.92. The first-order chi connectivity index (χ1) is 16.7. The monoisotopic (exact) mass is 455 g/mol. The average Bonchev–Trinajstić information content (AvgIpc) is 3.43. The van der Waals surface area contributed by atoms with Gasteiger partial charge >= 0.3 is 6.09 Å². The zero-order chi connectivity index (χ0) is 23.3. The number of hydrogen-bond acceptors (Lipinski definition) is 4. The molecule has 0 bridgehead atoms. The third-order valence-corrected chi connectivity index (χ3v) is 6.55. The van der Waals surface area contributed by atoms with E-state index in [2.05, 4.69) is 16.7 Å². The van der Waals surface area contributed by atoms with Crippen molar-refractivity contribution in [2.75, 3.05) is 18.4 Å². The van der Waals surface area contributed by atoms with E-state index in [0.29, 0.717) is 24.7 Å². The number of amides is 2. The zero-order valence-electron chi connectivity index (χ0n) is 19.1. The van der Waals surface area contributed by atoms with Crippen LogP contribution in [0.25, 0.3) is 0 Å². The van der Waals surface area contributed by atoms with Gasteiger partial charge in [-0.3, -0.25) is 4.79 Å². The van der Waals surface area contributed by atoms with Crippen molar-refractivity contribution in [3.05, 3.63) is 101 Å². The van der Waals surface area contributed by atoms with E-state index < -0.39 is 0 Å². The average molecular weight is 456 g/mol. The molecule has 2 aliphatic rings. The van der Waals surface area contributed by atoms with Crippen molar-refractivity contribution >= 4 is 17.7 Å². The SMILES string of the molecule is O=C(Nc1ccc2c(c1)CN(C(=O)OCc1ccccc1)CC2)c1cccc(C2CCCN2)c1. The molecule has 0 aromatic heterocycles. The fourth-order valence-corrected chi connectivity index (χ4v) is 4.67. The van der Waals surface area contributed by atoms with Gasteiger partial charge in [0.15, 0.2) is 0 Å². The minimum Gasteiger partial charge on any atom is -0.445 e. The highest BCUT2D eigenvalue weighted by molar-refractivity contribution is 6.04. The van der Waals surface area contributed by atoms with E-state index in [1.54, 1.807) is 4.90 Å². The van der Waals surface area contributed by atoms with E-state index in [1.807, 2.05) is 66.7 Å². The van der Waals surface area contributed by atoms with Crippen molar-refractivity contribution in [3.63, 3.8) is 0 Å². The Kier molecular flexibility index (Phi) is 6.58. The summed E-state index contributed by atoms with van der Waals surface area (Å²) in [4.78, 5) is 27.2. The normalized spacial score (nSPS) is 17.2. The summed E-state index contributed by atoms with van der Waals surface area (Å²) in [5.74, 6) is -0.130. The van der Waals surface area contributed by atoms with Crippen LogP contribution in [0.2, 0.25) is 0 Å². The third-order valence-electron chi connectivity index (χ3n) is 6.55. The molecule has 1 fully saturated rings. The summed E-state index contributed by atoms with van der Waals surface area (Å²) in [7, 11) is 0. The highest BCUT2D eigenvalue weighted by Gasteiger charge is 2.23. The van der Waals surface area contributed by atoms with Gasteiger partial charge in [0.05, 0.1) is 0 Å². The molecule has 3 aromatic carbocycles. The number of nitrogens with one attached hydrogen (secondary N) is 2. The molecule has 2 amide bonds. The van der Waals surface area contributed by atoms with Crippen LogP contribution < -0.4 is 10.6 Å². The van der Waals surface area contributed by atoms with Crippen LogP contribution in [-0.2, 0) is 24.3 Å². The molecule has 2 heterocycles. The van der Waals surface area contributed by atoms with Gasteiger partial charge in [-0.1, -0.05) is 48.5 Å². The van der Waals surface area contributed by atoms with Crippen molar-refractivity contribution in [1.29, 1.82) is 0 Å². The van der Waals surface area contributed by atoms with Crippen molar-refractivity contribution in [1.82, 2.24) is 10.2 Å². The van der Waals surface area contributed by atoms with Gasteiger partial charge in [-0.05, 0) is 72.3 Å². The van der Waals surface area contributed by atoms with Gasteiger partial charge in [0.25, 0.3) is 5.91 Å². The number of ether oxygens (including phenoxy) is 1. The molecule has 1 atom stereocenters. The highest BCUT2D eigenvalue weighted by atomic mass is 16.6. The molecule has 0 saturated carbocycles. The molecule has 3 aromatic rings. The number of anilines is 1. The predicted octanol–water partition coefficient (Wildman–Crippen LogP) is 5.06. The first-order valence-electron chi connectivity index (χ1n) is 11.9. The predicted molar refractivity (Wildman–Crippen MR) is 132 cm³/mol. The number of carbonyl (C=O) groups is 2. The van der Waals surface area contributed by atoms with Gasteiger partial charge in [0.2, 0.25) is 0 Å². The summed E-state index contributed by atoms with van der Waals surface area (Å²) in [5.41, 5.74) is 5.72. The van der Waals surface area contributed by atoms with E-state index >= 15 is 0 Å². The molecule has 0 radical (unpaired) electrons. The summed E-state index contributed by atoms with van der Waals surface area (Å²) in [6.45, 7) is 2.37. The van der Waals surface area contributed by atoms with Crippen LogP contribution in [0.3, 0.4) is 0 Å². The van der Waals surface area contributed by atoms with Gasteiger partial charge in [-0.15, -0.1) is 0 Å². The molecule has 5 rings (SSSR count). The number of carbonyl (C=O) groups excluding carboxylic acids is 2. The first kappa shape index (κ1) is 22.2. The molecule has 6 heteroatoms. The van der Waals surface area contributed by atoms with Gasteiger partial charge in [-0.25, -0.2) is 4.79 Å². The fourth-order valence-electron chi connectivity index (χ4n) is 4.67. The Morgan fingerprint density at radius 2 is 1.88 bits per heavy atom. The van der Waals surface area contributed by atoms with Gasteiger partial charge in [0, 0.05) is 30.4 Å². The van der Waals surface area contributed by atoms with Crippen LogP contribution in [-0.4, -0.2) is 30.0 Å². The Bertz CT molecular complexity index is 1170. The van der Waals surface area contributed by atoms with Crippen molar-refractivity contribution in [2.24, 2.45) is 0 Å². The quantitative estimate of drug-likeness (QED) is 0.564. The Morgan fingerprint density at radius 1 is 1.00 bits per heavy atom. The largest absolute Gasteiger partial charge is 0.445 e. The van der Waals surface area contributed by atoms with Crippen molar-refractivity contribution < 1.29 is 14.3 Å². The number of fused-ring (bicyclic) bond motifs is 1. The second kappa shape index (κ2) is 10.1. The second-order valence-electron chi connectivity index (χ2n) is 8.92. The fraction of sp³-hybridized carbons (Fsp3) is 0.286. The first-order valence-corrected chi connectivity index (χ1v) is 11.9. The number of rotatable bonds is 5. The minimum atomic E-state index is -0.318. The molecular formula is C28H29N3O3. The smallest absolute Gasteiger partial charge is 0.410 e. The minimum absolute atomic E-state index is 0.130. The summed E-state index contributed by atoms with van der Waals surface area (Å²) in [6.07, 6.45) is 2.70. The molecule has 0 spiro atoms. The summed E-state index contributed by atoms with van der Waals surface area (Å²) >= 11 is 0. The molecule has 0 aliphatic carbocycles. The summed E-state index contributed by atoms with van der Waals surface area (Å²) < 4.78 is 5.50. The molecular weight excluding hydrogens is 426 g/mol. The molecule has 174 valence electrons. The maximum atomic E-state index is 12.9. The molecule has 1 saturated heterocycles. The van der Waals surface area contributed by atoms with E-state index in [-0.39, 0.29) is 18.6 Å². The van der Waals surface area contributed by atoms with Crippen LogP contribution in [0.4, 0.5) is 10.5 Å². The molecule has 1 unspecified atom stereocenters. The highest BCUT2D eigenvalue weighted by Crippen LogP contribution is 2.26. The number of benzene rings is 3. The van der Waals surface area contributed by atoms with E-state index in [1.165, 1.54) is 5.56 Å². The van der Waals surface area contributed by atoms with Gasteiger partial charge < -0.3 is 20.3 Å². The van der Waals surface area contributed by atoms with Crippen LogP contribution in [0.1, 0.15) is 51.5 Å². The molecule has 6 nitrogen and oxygen atoms in total. The van der Waals surface area contributed by atoms with Gasteiger partial charge in [-0.2, -0.15) is 0 Å². The van der Waals surface area contributed by atoms with Crippen molar-refractivity contribution in [3.8, 4) is 0 Å². The van der Waals surface area contributed by atoms with Crippen LogP contribution >= 0.6 is 0 Å². The van der Waals surface area contributed by atoms with E-state index in [9.17, 15) is 9.59 Å². The lowest BCUT2D eigenvalue weighted by atomic mass is 9.99. The molecule has 2 N–H and O–H groups in total. The molecule has 34 heavy (non-hydrogen) atoms. The van der Waals surface area contributed by atoms with Crippen LogP contribution in [0.5, 0.6) is 0 Å². The maximum absolute atomic E-state index is 12.9. The van der Waals surface area contributed by atoms with Gasteiger partial charge in [0.1, 0.15) is 6.61 Å².